The fraction of sp³-hybridized carbons (Fsp3) is 0.348. The first-order valence-corrected chi connectivity index (χ1v) is 10.3. The normalized spacial score (nSPS) is 16.3. The predicted molar refractivity (Wildman–Crippen MR) is 115 cm³/mol. The third-order valence-electron chi connectivity index (χ3n) is 5.41. The van der Waals surface area contributed by atoms with Gasteiger partial charge in [-0.1, -0.05) is 36.3 Å². The first-order valence-electron chi connectivity index (χ1n) is 10.3. The monoisotopic (exact) mass is 406 g/mol. The lowest BCUT2D eigenvalue weighted by molar-refractivity contribution is 0.184. The van der Waals surface area contributed by atoms with Crippen molar-refractivity contribution in [1.29, 1.82) is 0 Å². The van der Waals surface area contributed by atoms with Crippen LogP contribution in [0.25, 0.3) is 11.4 Å². The van der Waals surface area contributed by atoms with E-state index in [0.717, 1.165) is 36.3 Å². The molecule has 4 rings (SSSR count). The molecule has 0 unspecified atom stereocenters. The van der Waals surface area contributed by atoms with Crippen molar-refractivity contribution >= 4 is 11.7 Å². The number of hydrogen-bond acceptors (Lipinski definition) is 5. The van der Waals surface area contributed by atoms with Gasteiger partial charge in [-0.2, -0.15) is 4.98 Å². The van der Waals surface area contributed by atoms with Gasteiger partial charge in [0.15, 0.2) is 0 Å². The number of amides is 2. The van der Waals surface area contributed by atoms with Gasteiger partial charge >= 0.3 is 6.03 Å². The highest BCUT2D eigenvalue weighted by Gasteiger charge is 2.29. The van der Waals surface area contributed by atoms with Crippen LogP contribution >= 0.6 is 0 Å². The van der Waals surface area contributed by atoms with Gasteiger partial charge in [0.2, 0.25) is 11.7 Å². The van der Waals surface area contributed by atoms with Crippen molar-refractivity contribution in [1.82, 2.24) is 15.0 Å². The van der Waals surface area contributed by atoms with E-state index < -0.39 is 0 Å². The van der Waals surface area contributed by atoms with Gasteiger partial charge in [-0.25, -0.2) is 4.79 Å². The lowest BCUT2D eigenvalue weighted by Crippen LogP contribution is -2.41. The van der Waals surface area contributed by atoms with Gasteiger partial charge in [-0.3, -0.25) is 0 Å². The maximum atomic E-state index is 12.8. The van der Waals surface area contributed by atoms with E-state index >= 15 is 0 Å². The second-order valence-electron chi connectivity index (χ2n) is 7.46. The Morgan fingerprint density at radius 1 is 1.27 bits per heavy atom. The molecule has 1 saturated heterocycles. The zero-order valence-electron chi connectivity index (χ0n) is 17.3. The second-order valence-corrected chi connectivity index (χ2v) is 7.46. The summed E-state index contributed by atoms with van der Waals surface area (Å²) >= 11 is 0. The lowest BCUT2D eigenvalue weighted by atomic mass is 9.98. The Bertz CT molecular complexity index is 1020. The molecule has 0 radical (unpaired) electrons. The van der Waals surface area contributed by atoms with Crippen LogP contribution in [0.4, 0.5) is 10.5 Å². The third kappa shape index (κ3) is 4.45. The smallest absolute Gasteiger partial charge is 0.321 e. The van der Waals surface area contributed by atoms with Crippen LogP contribution in [0, 0.1) is 0 Å². The highest BCUT2D eigenvalue weighted by Crippen LogP contribution is 2.29. The van der Waals surface area contributed by atoms with Crippen LogP contribution < -0.4 is 10.1 Å². The number of piperidine rings is 1. The molecule has 0 spiro atoms. The fourth-order valence-electron chi connectivity index (χ4n) is 3.72. The first kappa shape index (κ1) is 19.9. The van der Waals surface area contributed by atoms with Crippen LogP contribution in [0.2, 0.25) is 0 Å². The quantitative estimate of drug-likeness (QED) is 0.663. The van der Waals surface area contributed by atoms with Crippen molar-refractivity contribution in [3.63, 3.8) is 0 Å². The largest absolute Gasteiger partial charge is 0.497 e. The number of rotatable bonds is 5. The molecule has 1 N–H and O–H groups in total. The van der Waals surface area contributed by atoms with E-state index in [1.807, 2.05) is 47.4 Å². The van der Waals surface area contributed by atoms with E-state index in [0.29, 0.717) is 24.8 Å². The Labute approximate surface area is 176 Å². The van der Waals surface area contributed by atoms with Crippen molar-refractivity contribution in [3.05, 3.63) is 60.0 Å². The molecule has 1 aromatic heterocycles. The summed E-state index contributed by atoms with van der Waals surface area (Å²) < 4.78 is 10.8. The number of aromatic nitrogens is 2. The molecule has 2 aromatic carbocycles. The van der Waals surface area contributed by atoms with E-state index in [9.17, 15) is 4.79 Å². The number of aryl methyl sites for hydroxylation is 1. The fourth-order valence-corrected chi connectivity index (χ4v) is 3.72. The number of anilines is 1. The van der Waals surface area contributed by atoms with E-state index in [1.165, 1.54) is 5.56 Å². The molecule has 2 amide bonds. The average molecular weight is 406 g/mol. The highest BCUT2D eigenvalue weighted by atomic mass is 16.5. The summed E-state index contributed by atoms with van der Waals surface area (Å²) in [5.41, 5.74) is 2.85. The number of urea groups is 1. The Morgan fingerprint density at radius 2 is 2.13 bits per heavy atom. The number of likely N-dealkylation sites (tertiary alicyclic amines) is 1. The number of methoxy groups -OCH3 is 1. The Morgan fingerprint density at radius 3 is 2.97 bits per heavy atom. The minimum Gasteiger partial charge on any atom is -0.497 e. The van der Waals surface area contributed by atoms with E-state index in [2.05, 4.69) is 28.4 Å². The SMILES string of the molecule is CCc1cccc(NC(=O)N2CCC[C@H](c3nc(-c4cccc(OC)c4)no3)C2)c1. The van der Waals surface area contributed by atoms with Gasteiger partial charge < -0.3 is 19.5 Å². The number of carbonyl (C=O) groups is 1. The number of benzene rings is 2. The average Bonchev–Trinajstić information content (AvgIpc) is 3.30. The lowest BCUT2D eigenvalue weighted by Gasteiger charge is -2.31. The summed E-state index contributed by atoms with van der Waals surface area (Å²) in [5.74, 6) is 1.87. The van der Waals surface area contributed by atoms with Crippen LogP contribution in [0.1, 0.15) is 37.1 Å². The number of nitrogens with zero attached hydrogens (tertiary/aromatic N) is 3. The number of hydrogen-bond donors (Lipinski definition) is 1. The third-order valence-corrected chi connectivity index (χ3v) is 5.41. The maximum Gasteiger partial charge on any atom is 0.321 e. The zero-order valence-corrected chi connectivity index (χ0v) is 17.3. The minimum absolute atomic E-state index is 0.0262. The van der Waals surface area contributed by atoms with E-state index in [1.54, 1.807) is 7.11 Å². The summed E-state index contributed by atoms with van der Waals surface area (Å²) in [6, 6.07) is 15.4. The summed E-state index contributed by atoms with van der Waals surface area (Å²) in [6.45, 7) is 3.37. The van der Waals surface area contributed by atoms with Gasteiger partial charge in [0.1, 0.15) is 5.75 Å². The Kier molecular flexibility index (Phi) is 5.97. The molecule has 156 valence electrons. The van der Waals surface area contributed by atoms with Gasteiger partial charge in [0, 0.05) is 24.3 Å². The molecule has 1 aliphatic heterocycles. The van der Waals surface area contributed by atoms with Crippen LogP contribution in [-0.4, -0.2) is 41.3 Å². The highest BCUT2D eigenvalue weighted by molar-refractivity contribution is 5.89. The molecule has 0 aliphatic carbocycles. The van der Waals surface area contributed by atoms with Gasteiger partial charge in [-0.15, -0.1) is 0 Å². The summed E-state index contributed by atoms with van der Waals surface area (Å²) in [5, 5.41) is 7.14. The molecule has 1 atom stereocenters. The topological polar surface area (TPSA) is 80.5 Å². The Balaban J connectivity index is 1.43. The van der Waals surface area contributed by atoms with Crippen molar-refractivity contribution in [3.8, 4) is 17.1 Å². The minimum atomic E-state index is -0.0968. The van der Waals surface area contributed by atoms with Crippen molar-refractivity contribution < 1.29 is 14.1 Å². The molecule has 1 fully saturated rings. The molecule has 30 heavy (non-hydrogen) atoms. The number of ether oxygens (including phenoxy) is 1. The van der Waals surface area contributed by atoms with Crippen LogP contribution in [0.15, 0.2) is 53.1 Å². The van der Waals surface area contributed by atoms with E-state index in [-0.39, 0.29) is 11.9 Å². The van der Waals surface area contributed by atoms with Crippen LogP contribution in [0.5, 0.6) is 5.75 Å². The summed E-state index contributed by atoms with van der Waals surface area (Å²) in [7, 11) is 1.63. The molecule has 0 bridgehead atoms. The standard InChI is InChI=1S/C23H26N4O3/c1-3-16-7-4-10-19(13-16)24-23(28)27-12-6-9-18(15-27)22-25-21(26-30-22)17-8-5-11-20(14-17)29-2/h4-5,7-8,10-11,13-14,18H,3,6,9,12,15H2,1-2H3,(H,24,28)/t18-/m0/s1. The predicted octanol–water partition coefficient (Wildman–Crippen LogP) is 4.72. The van der Waals surface area contributed by atoms with Crippen molar-refractivity contribution in [2.24, 2.45) is 0 Å². The maximum absolute atomic E-state index is 12.8. The summed E-state index contributed by atoms with van der Waals surface area (Å²) in [4.78, 5) is 19.2. The van der Waals surface area contributed by atoms with Crippen molar-refractivity contribution in [2.75, 3.05) is 25.5 Å². The molecule has 0 saturated carbocycles. The molecule has 7 nitrogen and oxygen atoms in total. The molecule has 3 aromatic rings. The molecular weight excluding hydrogens is 380 g/mol. The van der Waals surface area contributed by atoms with Crippen LogP contribution in [0.3, 0.4) is 0 Å². The Hall–Kier alpha value is -3.35. The second kappa shape index (κ2) is 8.98. The first-order chi connectivity index (χ1) is 14.7. The van der Waals surface area contributed by atoms with Gasteiger partial charge in [0.25, 0.3) is 0 Å². The van der Waals surface area contributed by atoms with E-state index in [4.69, 9.17) is 9.26 Å². The zero-order chi connectivity index (χ0) is 20.9. The van der Waals surface area contributed by atoms with Gasteiger partial charge in [-0.05, 0) is 49.1 Å². The molecule has 2 heterocycles. The summed E-state index contributed by atoms with van der Waals surface area (Å²) in [6.07, 6.45) is 2.74. The van der Waals surface area contributed by atoms with Crippen LogP contribution in [-0.2, 0) is 6.42 Å². The number of nitrogens with one attached hydrogen (secondary N) is 1. The molecular formula is C23H26N4O3. The van der Waals surface area contributed by atoms with Gasteiger partial charge in [0.05, 0.1) is 13.0 Å². The molecule has 1 aliphatic rings. The molecule has 7 heteroatoms. The number of carbonyl (C=O) groups excluding carboxylic acids is 1. The van der Waals surface area contributed by atoms with Crippen molar-refractivity contribution in [2.45, 2.75) is 32.1 Å².